The van der Waals surface area contributed by atoms with Crippen molar-refractivity contribution in [1.29, 1.82) is 0 Å². The summed E-state index contributed by atoms with van der Waals surface area (Å²) in [5.41, 5.74) is 1.01. The Kier molecular flexibility index (Phi) is 6.58. The molecule has 0 aromatic heterocycles. The fraction of sp³-hybridized carbons (Fsp3) is 0.400. The van der Waals surface area contributed by atoms with Gasteiger partial charge < -0.3 is 14.6 Å². The maximum Gasteiger partial charge on any atom is 0.258 e. The molecule has 2 aliphatic heterocycles. The number of methoxy groups -OCH3 is 2. The third-order valence-corrected chi connectivity index (χ3v) is 10.6. The predicted molar refractivity (Wildman–Crippen MR) is 150 cm³/mol. The molecule has 4 aliphatic rings. The topological polar surface area (TPSA) is 113 Å². The lowest BCUT2D eigenvalue weighted by Gasteiger charge is -2.50. The van der Waals surface area contributed by atoms with Crippen molar-refractivity contribution in [3.63, 3.8) is 0 Å². The lowest BCUT2D eigenvalue weighted by atomic mass is 9.56. The van der Waals surface area contributed by atoms with Crippen molar-refractivity contribution in [2.24, 2.45) is 17.8 Å². The van der Waals surface area contributed by atoms with Gasteiger partial charge >= 0.3 is 0 Å². The van der Waals surface area contributed by atoms with E-state index >= 15 is 0 Å². The van der Waals surface area contributed by atoms with E-state index in [9.17, 15) is 28.7 Å². The van der Waals surface area contributed by atoms with Gasteiger partial charge in [-0.2, -0.15) is 0 Å². The number of carbonyl (C=O) groups excluding carboxylic acids is 4. The largest absolute Gasteiger partial charge is 0.502 e. The number of hydrogen-bond acceptors (Lipinski definition) is 7. The quantitative estimate of drug-likeness (QED) is 0.305. The Morgan fingerprint density at radius 1 is 0.976 bits per heavy atom. The van der Waals surface area contributed by atoms with E-state index in [-0.39, 0.29) is 54.1 Å². The summed E-state index contributed by atoms with van der Waals surface area (Å²) in [6.07, 6.45) is 1.85. The summed E-state index contributed by atoms with van der Waals surface area (Å²) in [6.45, 7) is 1.91. The van der Waals surface area contributed by atoms with E-state index in [0.29, 0.717) is 11.1 Å². The van der Waals surface area contributed by atoms with Crippen molar-refractivity contribution in [2.75, 3.05) is 25.7 Å². The second-order valence-electron chi connectivity index (χ2n) is 10.9. The number of hydrogen-bond donors (Lipinski definition) is 1. The van der Waals surface area contributed by atoms with Crippen molar-refractivity contribution < 1.29 is 38.1 Å². The highest BCUT2D eigenvalue weighted by atomic mass is 35.5. The van der Waals surface area contributed by atoms with Crippen LogP contribution in [-0.4, -0.2) is 64.1 Å². The van der Waals surface area contributed by atoms with Crippen molar-refractivity contribution in [1.82, 2.24) is 4.90 Å². The third-order valence-electron chi connectivity index (χ3n) is 9.14. The van der Waals surface area contributed by atoms with Gasteiger partial charge in [-0.1, -0.05) is 11.6 Å². The summed E-state index contributed by atoms with van der Waals surface area (Å²) >= 11 is 14.6. The average Bonchev–Trinajstić information content (AvgIpc) is 3.31. The number of amides is 4. The van der Waals surface area contributed by atoms with E-state index in [1.165, 1.54) is 43.4 Å². The highest BCUT2D eigenvalue weighted by Crippen LogP contribution is 2.66. The molecule has 4 amide bonds. The van der Waals surface area contributed by atoms with Gasteiger partial charge in [-0.25, -0.2) is 9.29 Å². The first-order valence-corrected chi connectivity index (χ1v) is 14.2. The Bertz CT molecular complexity index is 1550. The highest BCUT2D eigenvalue weighted by Gasteiger charge is 2.76. The van der Waals surface area contributed by atoms with Gasteiger partial charge in [0.25, 0.3) is 11.8 Å². The molecule has 6 atom stereocenters. The molecule has 12 heteroatoms. The molecule has 2 saturated heterocycles. The molecule has 2 aromatic carbocycles. The Hall–Kier alpha value is -3.63. The molecule has 42 heavy (non-hydrogen) atoms. The Morgan fingerprint density at radius 3 is 2.17 bits per heavy atom. The van der Waals surface area contributed by atoms with E-state index in [0.717, 1.165) is 17.0 Å². The van der Waals surface area contributed by atoms with Crippen LogP contribution in [0.15, 0.2) is 48.0 Å². The van der Waals surface area contributed by atoms with Crippen LogP contribution in [-0.2, 0) is 19.2 Å². The number of fused-ring (bicyclic) bond motifs is 4. The second kappa shape index (κ2) is 9.70. The molecule has 3 fully saturated rings. The summed E-state index contributed by atoms with van der Waals surface area (Å²) in [7, 11) is 2.69. The number of likely N-dealkylation sites (tertiary alicyclic amines) is 1. The zero-order chi connectivity index (χ0) is 30.3. The van der Waals surface area contributed by atoms with Gasteiger partial charge in [-0.3, -0.25) is 24.1 Å². The maximum atomic E-state index is 14.4. The van der Waals surface area contributed by atoms with Gasteiger partial charge in [-0.15, -0.1) is 23.2 Å². The van der Waals surface area contributed by atoms with Crippen LogP contribution in [0.1, 0.15) is 31.2 Å². The number of imide groups is 2. The van der Waals surface area contributed by atoms with E-state index in [2.05, 4.69) is 0 Å². The fourth-order valence-electron chi connectivity index (χ4n) is 7.23. The van der Waals surface area contributed by atoms with E-state index < -0.39 is 51.1 Å². The zero-order valence-corrected chi connectivity index (χ0v) is 24.4. The van der Waals surface area contributed by atoms with Gasteiger partial charge in [-0.05, 0) is 67.6 Å². The van der Waals surface area contributed by atoms with Crippen LogP contribution >= 0.6 is 23.2 Å². The van der Waals surface area contributed by atoms with Crippen molar-refractivity contribution in [3.05, 3.63) is 59.4 Å². The van der Waals surface area contributed by atoms with Gasteiger partial charge in [0.05, 0.1) is 31.7 Å². The molecular formula is C30H27Cl2FN2O7. The van der Waals surface area contributed by atoms with Crippen LogP contribution in [0.5, 0.6) is 17.2 Å². The van der Waals surface area contributed by atoms with E-state index in [1.54, 1.807) is 6.92 Å². The minimum Gasteiger partial charge on any atom is -0.502 e. The van der Waals surface area contributed by atoms with Gasteiger partial charge in [0.2, 0.25) is 17.6 Å². The number of anilines is 1. The van der Waals surface area contributed by atoms with Gasteiger partial charge in [0.15, 0.2) is 21.2 Å². The number of phenolic OH excluding ortho intramolecular Hbond substituents is 1. The van der Waals surface area contributed by atoms with Crippen molar-refractivity contribution in [2.45, 2.75) is 35.4 Å². The van der Waals surface area contributed by atoms with Crippen LogP contribution in [0.2, 0.25) is 0 Å². The molecule has 220 valence electrons. The maximum absolute atomic E-state index is 14.4. The standard InChI is InChI=1S/C30H27Cl2FN2O7/c1-4-34-25(37)18-10-9-17-19(22(18)26(34)38)13-29(31)27(39)35(16-7-5-15(33)6-8-16)28(40)30(29,32)23(17)14-11-20(41-2)24(36)21(12-14)42-3/h5-9,11-12,18-19,22-23,36H,4,10,13H2,1-3H3. The summed E-state index contributed by atoms with van der Waals surface area (Å²) in [4.78, 5) is 53.2. The molecule has 6 rings (SSSR count). The van der Waals surface area contributed by atoms with Crippen LogP contribution < -0.4 is 14.4 Å². The molecule has 0 spiro atoms. The molecule has 6 unspecified atom stereocenters. The Labute approximate surface area is 250 Å². The van der Waals surface area contributed by atoms with Crippen LogP contribution in [0.3, 0.4) is 0 Å². The molecular weight excluding hydrogens is 590 g/mol. The smallest absolute Gasteiger partial charge is 0.258 e. The fourth-order valence-corrected chi connectivity index (χ4v) is 8.17. The first-order valence-electron chi connectivity index (χ1n) is 13.5. The molecule has 1 saturated carbocycles. The van der Waals surface area contributed by atoms with Gasteiger partial charge in [0, 0.05) is 12.5 Å². The highest BCUT2D eigenvalue weighted by molar-refractivity contribution is 6.58. The monoisotopic (exact) mass is 616 g/mol. The number of ether oxygens (including phenoxy) is 2. The zero-order valence-electron chi connectivity index (χ0n) is 22.9. The molecule has 2 heterocycles. The number of allylic oxidation sites excluding steroid dienone is 2. The minimum atomic E-state index is -2.11. The molecule has 2 aliphatic carbocycles. The summed E-state index contributed by atoms with van der Waals surface area (Å²) < 4.78 is 24.5. The lowest BCUT2D eigenvalue weighted by Crippen LogP contribution is -2.60. The predicted octanol–water partition coefficient (Wildman–Crippen LogP) is 4.13. The van der Waals surface area contributed by atoms with E-state index in [4.69, 9.17) is 32.7 Å². The number of aromatic hydroxyl groups is 1. The molecule has 0 radical (unpaired) electrons. The van der Waals surface area contributed by atoms with Crippen LogP contribution in [0, 0.1) is 23.6 Å². The molecule has 2 aromatic rings. The molecule has 1 N–H and O–H groups in total. The molecule has 9 nitrogen and oxygen atoms in total. The number of carbonyl (C=O) groups is 4. The lowest BCUT2D eigenvalue weighted by molar-refractivity contribution is -0.140. The van der Waals surface area contributed by atoms with E-state index in [1.807, 2.05) is 6.08 Å². The van der Waals surface area contributed by atoms with Gasteiger partial charge in [0.1, 0.15) is 5.82 Å². The first kappa shape index (κ1) is 28.5. The number of benzene rings is 2. The van der Waals surface area contributed by atoms with Crippen molar-refractivity contribution in [3.8, 4) is 17.2 Å². The summed E-state index contributed by atoms with van der Waals surface area (Å²) in [5.74, 6) is -6.34. The Morgan fingerprint density at radius 2 is 1.60 bits per heavy atom. The summed E-state index contributed by atoms with van der Waals surface area (Å²) in [5, 5.41) is 10.6. The SMILES string of the molecule is CCN1C(=O)C2CC=C3C(CC4(Cl)C(=O)N(c5ccc(F)cc5)C(=O)C4(Cl)C3c3cc(OC)c(O)c(OC)c3)C2C1=O. The van der Waals surface area contributed by atoms with Crippen LogP contribution in [0.25, 0.3) is 0 Å². The number of alkyl halides is 2. The number of rotatable bonds is 5. The molecule has 0 bridgehead atoms. The first-order chi connectivity index (χ1) is 19.9. The second-order valence-corrected chi connectivity index (χ2v) is 12.2. The number of nitrogens with zero attached hydrogens (tertiary/aromatic N) is 2. The summed E-state index contributed by atoms with van der Waals surface area (Å²) in [6, 6.07) is 7.76. The third kappa shape index (κ3) is 3.54. The number of phenols is 1. The van der Waals surface area contributed by atoms with Crippen LogP contribution in [0.4, 0.5) is 10.1 Å². The Balaban J connectivity index is 1.60. The normalized spacial score (nSPS) is 32.0. The average molecular weight is 617 g/mol. The number of halogens is 3. The minimum absolute atomic E-state index is 0.0256. The van der Waals surface area contributed by atoms with Crippen molar-refractivity contribution >= 4 is 52.5 Å².